The van der Waals surface area contributed by atoms with Gasteiger partial charge < -0.3 is 13.6 Å². The number of aryl methyl sites for hydroxylation is 1. The summed E-state index contributed by atoms with van der Waals surface area (Å²) < 4.78 is 20.3. The molecule has 0 aliphatic carbocycles. The van der Waals surface area contributed by atoms with Crippen molar-refractivity contribution in [2.45, 2.75) is 184 Å². The number of hydrogen-bond acceptors (Lipinski definition) is 7. The van der Waals surface area contributed by atoms with Gasteiger partial charge in [0.25, 0.3) is 0 Å². The Morgan fingerprint density at radius 3 is 1.96 bits per heavy atom. The molecule has 1 aromatic heterocycles. The standard InChI is InChI=1S/C42H71NO5SSi2/c1-19-21-23-24-25-30(3)38(48-51(17,18)41(10,11)12)32(5)39(45)42(13,14)36(47-50(15,16)40(7,8)9)28-37(44)46-35(26-22-20-2)31(4)27-34-29-49-33(6)43-34/h27,29-30,32,35-36,38H,23-26,28H2,1-18H3/b31-27+/t30-,32+,35-,36-,38-/m0/s1. The van der Waals surface area contributed by atoms with Crippen LogP contribution in [0.4, 0.5) is 0 Å². The van der Waals surface area contributed by atoms with Crippen LogP contribution in [0.5, 0.6) is 0 Å². The van der Waals surface area contributed by atoms with Crippen molar-refractivity contribution in [2.75, 3.05) is 0 Å². The van der Waals surface area contributed by atoms with Crippen molar-refractivity contribution in [2.24, 2.45) is 17.3 Å². The summed E-state index contributed by atoms with van der Waals surface area (Å²) in [5.41, 5.74) is 0.701. The number of unbranched alkanes of at least 4 members (excludes halogenated alkanes) is 1. The Labute approximate surface area is 319 Å². The lowest BCUT2D eigenvalue weighted by Crippen LogP contribution is -2.54. The van der Waals surface area contributed by atoms with Crippen LogP contribution in [0.3, 0.4) is 0 Å². The maximum atomic E-state index is 14.9. The molecule has 9 heteroatoms. The average molecular weight is 758 g/mol. The minimum Gasteiger partial charge on any atom is -0.457 e. The minimum atomic E-state index is -2.43. The van der Waals surface area contributed by atoms with E-state index in [-0.39, 0.29) is 34.3 Å². The van der Waals surface area contributed by atoms with Crippen LogP contribution in [0.2, 0.25) is 36.3 Å². The van der Waals surface area contributed by atoms with Crippen molar-refractivity contribution < 1.29 is 23.2 Å². The molecule has 0 saturated heterocycles. The van der Waals surface area contributed by atoms with E-state index >= 15 is 0 Å². The van der Waals surface area contributed by atoms with E-state index in [1.807, 2.05) is 53.0 Å². The molecule has 0 saturated carbocycles. The van der Waals surface area contributed by atoms with Gasteiger partial charge in [-0.05, 0) is 94.4 Å². The van der Waals surface area contributed by atoms with Crippen LogP contribution in [0.1, 0.15) is 133 Å². The number of ether oxygens (including phenoxy) is 1. The second-order valence-corrected chi connectivity index (χ2v) is 28.4. The number of hydrogen-bond donors (Lipinski definition) is 0. The fourth-order valence-corrected chi connectivity index (χ4v) is 9.01. The molecule has 0 aliphatic rings. The van der Waals surface area contributed by atoms with Crippen LogP contribution in [0, 0.1) is 47.9 Å². The molecule has 0 radical (unpaired) electrons. The number of ketones is 1. The minimum absolute atomic E-state index is 0.0156. The van der Waals surface area contributed by atoms with Crippen molar-refractivity contribution in [1.29, 1.82) is 0 Å². The van der Waals surface area contributed by atoms with Gasteiger partial charge >= 0.3 is 5.97 Å². The van der Waals surface area contributed by atoms with Crippen molar-refractivity contribution in [3.05, 3.63) is 21.7 Å². The van der Waals surface area contributed by atoms with Crippen LogP contribution in [0.15, 0.2) is 11.0 Å². The Hall–Kier alpha value is -2.02. The Bertz CT molecular complexity index is 1460. The number of carbonyl (C=O) groups is 2. The van der Waals surface area contributed by atoms with Crippen LogP contribution < -0.4 is 0 Å². The highest BCUT2D eigenvalue weighted by molar-refractivity contribution is 7.09. The second kappa shape index (κ2) is 19.4. The van der Waals surface area contributed by atoms with Crippen molar-refractivity contribution >= 4 is 45.8 Å². The fraction of sp³-hybridized carbons (Fsp3) is 0.738. The van der Waals surface area contributed by atoms with Crippen molar-refractivity contribution in [3.63, 3.8) is 0 Å². The van der Waals surface area contributed by atoms with E-state index in [9.17, 15) is 9.59 Å². The first-order valence-electron chi connectivity index (χ1n) is 18.7. The lowest BCUT2D eigenvalue weighted by molar-refractivity contribution is -0.153. The third kappa shape index (κ3) is 14.0. The normalized spacial score (nSPS) is 16.2. The molecule has 0 bridgehead atoms. The third-order valence-corrected chi connectivity index (χ3v) is 20.9. The molecule has 6 nitrogen and oxygen atoms in total. The molecule has 51 heavy (non-hydrogen) atoms. The number of thiazole rings is 1. The van der Waals surface area contributed by atoms with Gasteiger partial charge in [-0.2, -0.15) is 0 Å². The zero-order chi connectivity index (χ0) is 39.6. The molecule has 0 unspecified atom stereocenters. The van der Waals surface area contributed by atoms with Gasteiger partial charge in [0.1, 0.15) is 11.9 Å². The van der Waals surface area contributed by atoms with E-state index in [0.717, 1.165) is 35.5 Å². The maximum absolute atomic E-state index is 14.9. The first-order chi connectivity index (χ1) is 23.2. The predicted octanol–water partition coefficient (Wildman–Crippen LogP) is 11.4. The van der Waals surface area contributed by atoms with E-state index in [0.29, 0.717) is 6.42 Å². The number of nitrogens with zero attached hydrogens (tertiary/aromatic N) is 1. The van der Waals surface area contributed by atoms with E-state index < -0.39 is 46.1 Å². The monoisotopic (exact) mass is 757 g/mol. The van der Waals surface area contributed by atoms with Gasteiger partial charge in [-0.3, -0.25) is 9.59 Å². The molecule has 0 fully saturated rings. The molecular formula is C42H71NO5SSi2. The number of carbonyl (C=O) groups excluding carboxylic acids is 2. The summed E-state index contributed by atoms with van der Waals surface area (Å²) in [6, 6.07) is 0. The number of aromatic nitrogens is 1. The van der Waals surface area contributed by atoms with Gasteiger partial charge in [0, 0.05) is 23.1 Å². The zero-order valence-corrected chi connectivity index (χ0v) is 38.3. The van der Waals surface area contributed by atoms with Crippen LogP contribution in [-0.2, 0) is 23.2 Å². The van der Waals surface area contributed by atoms with Crippen LogP contribution >= 0.6 is 11.3 Å². The molecule has 0 aromatic carbocycles. The Morgan fingerprint density at radius 2 is 1.47 bits per heavy atom. The lowest BCUT2D eigenvalue weighted by atomic mass is 9.73. The Balaban J connectivity index is 3.59. The lowest BCUT2D eigenvalue weighted by Gasteiger charge is -2.46. The highest BCUT2D eigenvalue weighted by Crippen LogP contribution is 2.44. The van der Waals surface area contributed by atoms with Gasteiger partial charge in [0.05, 0.1) is 35.8 Å². The molecule has 0 N–H and O–H groups in total. The topological polar surface area (TPSA) is 74.7 Å². The van der Waals surface area contributed by atoms with Gasteiger partial charge in [0.15, 0.2) is 16.6 Å². The highest BCUT2D eigenvalue weighted by Gasteiger charge is 2.50. The van der Waals surface area contributed by atoms with Crippen molar-refractivity contribution in [1.82, 2.24) is 4.98 Å². The average Bonchev–Trinajstić information content (AvgIpc) is 3.41. The molecule has 0 spiro atoms. The summed E-state index contributed by atoms with van der Waals surface area (Å²) in [6.45, 7) is 37.7. The first-order valence-corrected chi connectivity index (χ1v) is 25.4. The van der Waals surface area contributed by atoms with Crippen LogP contribution in [0.25, 0.3) is 6.08 Å². The summed E-state index contributed by atoms with van der Waals surface area (Å²) in [5, 5.41) is 2.82. The summed E-state index contributed by atoms with van der Waals surface area (Å²) >= 11 is 1.58. The van der Waals surface area contributed by atoms with E-state index in [4.69, 9.17) is 13.6 Å². The molecule has 5 atom stereocenters. The first kappa shape index (κ1) is 47.0. The molecule has 0 aliphatic heterocycles. The van der Waals surface area contributed by atoms with Crippen LogP contribution in [-0.4, -0.2) is 51.7 Å². The second-order valence-electron chi connectivity index (χ2n) is 17.9. The van der Waals surface area contributed by atoms with Gasteiger partial charge in [-0.1, -0.05) is 75.2 Å². The van der Waals surface area contributed by atoms with Gasteiger partial charge in [-0.15, -0.1) is 29.1 Å². The van der Waals surface area contributed by atoms with Gasteiger partial charge in [-0.25, -0.2) is 4.98 Å². The van der Waals surface area contributed by atoms with Crippen molar-refractivity contribution in [3.8, 4) is 23.7 Å². The Morgan fingerprint density at radius 1 is 0.922 bits per heavy atom. The van der Waals surface area contributed by atoms with E-state index in [1.54, 1.807) is 18.3 Å². The third-order valence-electron chi connectivity index (χ3n) is 11.1. The summed E-state index contributed by atoms with van der Waals surface area (Å²) in [6.07, 6.45) is 3.47. The van der Waals surface area contributed by atoms with E-state index in [2.05, 4.69) is 103 Å². The molecule has 288 valence electrons. The summed E-state index contributed by atoms with van der Waals surface area (Å²) in [5.74, 6) is 11.6. The molecule has 1 heterocycles. The highest BCUT2D eigenvalue weighted by atomic mass is 32.1. The molecule has 1 aromatic rings. The number of Topliss-reactive ketones (excluding diaryl/α,β-unsaturated/α-hetero) is 1. The largest absolute Gasteiger partial charge is 0.457 e. The van der Waals surface area contributed by atoms with Gasteiger partial charge in [0.2, 0.25) is 0 Å². The fourth-order valence-electron chi connectivity index (χ4n) is 5.52. The zero-order valence-electron chi connectivity index (χ0n) is 35.5. The Kier molecular flexibility index (Phi) is 17.8. The summed E-state index contributed by atoms with van der Waals surface area (Å²) in [7, 11) is -4.67. The molecular weight excluding hydrogens is 687 g/mol. The molecule has 1 rings (SSSR count). The quantitative estimate of drug-likeness (QED) is 0.0642. The number of rotatable bonds is 18. The number of esters is 1. The van der Waals surface area contributed by atoms with E-state index in [1.165, 1.54) is 0 Å². The summed E-state index contributed by atoms with van der Waals surface area (Å²) in [4.78, 5) is 33.4. The smallest absolute Gasteiger partial charge is 0.309 e. The SMILES string of the molecule is CC#CCCC[C@H](C)[C@H](O[Si](C)(C)C(C)(C)C)[C@@H](C)C(=O)C(C)(C)[C@H](CC(=O)O[C@@H](CC#CC)/C(C)=C/c1csc(C)n1)O[Si](C)(C)C(C)(C)C. The predicted molar refractivity (Wildman–Crippen MR) is 222 cm³/mol. The maximum Gasteiger partial charge on any atom is 0.309 e. The molecule has 0 amide bonds.